The van der Waals surface area contributed by atoms with Crippen LogP contribution in [0.3, 0.4) is 0 Å². The summed E-state index contributed by atoms with van der Waals surface area (Å²) in [5.74, 6) is 1.03. The molecular formula is C12H13NS2. The molecule has 0 aliphatic heterocycles. The minimum atomic E-state index is 0.870. The molecule has 1 heterocycles. The topological polar surface area (TPSA) is 26.0 Å². The fraction of sp³-hybridized carbons (Fsp3) is 0.167. The van der Waals surface area contributed by atoms with Crippen LogP contribution in [0.2, 0.25) is 0 Å². The van der Waals surface area contributed by atoms with Gasteiger partial charge in [-0.05, 0) is 53.1 Å². The highest BCUT2D eigenvalue weighted by molar-refractivity contribution is 7.98. The van der Waals surface area contributed by atoms with Gasteiger partial charge in [-0.25, -0.2) is 0 Å². The summed E-state index contributed by atoms with van der Waals surface area (Å²) in [5.41, 5.74) is 9.19. The lowest BCUT2D eigenvalue weighted by Gasteiger charge is -2.03. The van der Waals surface area contributed by atoms with Gasteiger partial charge in [-0.2, -0.15) is 11.3 Å². The summed E-state index contributed by atoms with van der Waals surface area (Å²) < 4.78 is 0. The molecule has 0 radical (unpaired) electrons. The van der Waals surface area contributed by atoms with Crippen molar-refractivity contribution in [3.63, 3.8) is 0 Å². The minimum absolute atomic E-state index is 0.870. The number of thioether (sulfide) groups is 1. The number of nitrogen functional groups attached to an aromatic ring is 1. The van der Waals surface area contributed by atoms with Crippen LogP contribution in [0.15, 0.2) is 39.9 Å². The highest BCUT2D eigenvalue weighted by atomic mass is 32.2. The van der Waals surface area contributed by atoms with Crippen LogP contribution in [-0.4, -0.2) is 0 Å². The van der Waals surface area contributed by atoms with Crippen molar-refractivity contribution < 1.29 is 0 Å². The smallest absolute Gasteiger partial charge is 0.0344 e. The lowest BCUT2D eigenvalue weighted by molar-refractivity contribution is 1.35. The molecule has 0 unspecified atom stereocenters. The van der Waals surface area contributed by atoms with E-state index in [1.54, 1.807) is 11.3 Å². The van der Waals surface area contributed by atoms with Crippen molar-refractivity contribution in [1.82, 2.24) is 0 Å². The molecule has 1 aromatic heterocycles. The van der Waals surface area contributed by atoms with Gasteiger partial charge in [0.1, 0.15) is 0 Å². The van der Waals surface area contributed by atoms with E-state index in [4.69, 9.17) is 5.73 Å². The van der Waals surface area contributed by atoms with Crippen LogP contribution in [0.1, 0.15) is 11.1 Å². The highest BCUT2D eigenvalue weighted by Gasteiger charge is 1.99. The van der Waals surface area contributed by atoms with Gasteiger partial charge >= 0.3 is 0 Å². The van der Waals surface area contributed by atoms with E-state index in [-0.39, 0.29) is 0 Å². The van der Waals surface area contributed by atoms with E-state index in [9.17, 15) is 0 Å². The van der Waals surface area contributed by atoms with Crippen LogP contribution >= 0.6 is 23.1 Å². The second-order valence-electron chi connectivity index (χ2n) is 3.44. The fourth-order valence-corrected chi connectivity index (χ4v) is 2.99. The number of nitrogens with two attached hydrogens (primary N) is 1. The molecule has 1 aromatic carbocycles. The van der Waals surface area contributed by atoms with Crippen LogP contribution in [0.4, 0.5) is 5.69 Å². The van der Waals surface area contributed by atoms with Crippen molar-refractivity contribution in [2.45, 2.75) is 17.6 Å². The van der Waals surface area contributed by atoms with Gasteiger partial charge in [-0.3, -0.25) is 0 Å². The van der Waals surface area contributed by atoms with E-state index in [0.717, 1.165) is 17.0 Å². The number of hydrogen-bond donors (Lipinski definition) is 1. The van der Waals surface area contributed by atoms with Gasteiger partial charge in [0.25, 0.3) is 0 Å². The second kappa shape index (κ2) is 4.73. The van der Waals surface area contributed by atoms with Gasteiger partial charge in [-0.15, -0.1) is 11.8 Å². The Balaban J connectivity index is 2.02. The molecule has 0 amide bonds. The van der Waals surface area contributed by atoms with Crippen molar-refractivity contribution >= 4 is 28.8 Å². The zero-order chi connectivity index (χ0) is 10.7. The molecule has 3 heteroatoms. The molecule has 0 saturated heterocycles. The van der Waals surface area contributed by atoms with Crippen LogP contribution in [0.5, 0.6) is 0 Å². The Labute approximate surface area is 98.3 Å². The van der Waals surface area contributed by atoms with Crippen molar-refractivity contribution in [2.24, 2.45) is 0 Å². The first-order valence-corrected chi connectivity index (χ1v) is 6.68. The predicted molar refractivity (Wildman–Crippen MR) is 69.5 cm³/mol. The lowest BCUT2D eigenvalue weighted by Crippen LogP contribution is -1.88. The molecule has 0 aliphatic rings. The summed E-state index contributed by atoms with van der Waals surface area (Å²) in [6.45, 7) is 2.05. The molecule has 2 N–H and O–H groups in total. The molecule has 0 atom stereocenters. The van der Waals surface area contributed by atoms with Crippen LogP contribution < -0.4 is 5.73 Å². The molecule has 1 nitrogen and oxygen atoms in total. The van der Waals surface area contributed by atoms with Gasteiger partial charge in [0.15, 0.2) is 0 Å². The summed E-state index contributed by atoms with van der Waals surface area (Å²) in [6.07, 6.45) is 0. The lowest BCUT2D eigenvalue weighted by atomic mass is 10.2. The third-order valence-corrected chi connectivity index (χ3v) is 4.02. The van der Waals surface area contributed by atoms with Crippen molar-refractivity contribution in [1.29, 1.82) is 0 Å². The first-order chi connectivity index (χ1) is 7.25. The molecule has 0 spiro atoms. The standard InChI is InChI=1S/C12H13NS2/c1-9-6-11(2-3-12(9)13)15-8-10-4-5-14-7-10/h2-7H,8,13H2,1H3. The average molecular weight is 235 g/mol. The number of anilines is 1. The van der Waals surface area contributed by atoms with E-state index >= 15 is 0 Å². The summed E-state index contributed by atoms with van der Waals surface area (Å²) in [6, 6.07) is 8.37. The molecule has 0 bridgehead atoms. The molecule has 2 aromatic rings. The maximum atomic E-state index is 5.77. The van der Waals surface area contributed by atoms with Gasteiger partial charge in [-0.1, -0.05) is 0 Å². The van der Waals surface area contributed by atoms with Crippen molar-refractivity contribution in [2.75, 3.05) is 5.73 Å². The normalized spacial score (nSPS) is 10.5. The number of rotatable bonds is 3. The highest BCUT2D eigenvalue weighted by Crippen LogP contribution is 2.26. The van der Waals surface area contributed by atoms with E-state index in [2.05, 4.69) is 29.0 Å². The van der Waals surface area contributed by atoms with Crippen molar-refractivity contribution in [3.8, 4) is 0 Å². The van der Waals surface area contributed by atoms with E-state index in [1.807, 2.05) is 24.8 Å². The third-order valence-electron chi connectivity index (χ3n) is 2.23. The van der Waals surface area contributed by atoms with Gasteiger partial charge in [0.2, 0.25) is 0 Å². The minimum Gasteiger partial charge on any atom is -0.399 e. The number of benzene rings is 1. The van der Waals surface area contributed by atoms with Gasteiger partial charge in [0.05, 0.1) is 0 Å². The first kappa shape index (κ1) is 10.6. The predicted octanol–water partition coefficient (Wildman–Crippen LogP) is 3.93. The van der Waals surface area contributed by atoms with Gasteiger partial charge in [0, 0.05) is 16.3 Å². The Morgan fingerprint density at radius 1 is 1.33 bits per heavy atom. The Bertz CT molecular complexity index is 435. The maximum Gasteiger partial charge on any atom is 0.0344 e. The Kier molecular flexibility index (Phi) is 3.34. The van der Waals surface area contributed by atoms with Crippen molar-refractivity contribution in [3.05, 3.63) is 46.2 Å². The molecule has 15 heavy (non-hydrogen) atoms. The van der Waals surface area contributed by atoms with Crippen LogP contribution in [0, 0.1) is 6.92 Å². The Hall–Kier alpha value is -0.930. The third kappa shape index (κ3) is 2.76. The zero-order valence-electron chi connectivity index (χ0n) is 8.57. The number of aryl methyl sites for hydroxylation is 1. The summed E-state index contributed by atoms with van der Waals surface area (Å²) in [7, 11) is 0. The van der Waals surface area contributed by atoms with E-state index in [0.29, 0.717) is 0 Å². The molecular weight excluding hydrogens is 222 g/mol. The van der Waals surface area contributed by atoms with E-state index < -0.39 is 0 Å². The molecule has 0 saturated carbocycles. The second-order valence-corrected chi connectivity index (χ2v) is 5.27. The van der Waals surface area contributed by atoms with Crippen LogP contribution in [-0.2, 0) is 5.75 Å². The van der Waals surface area contributed by atoms with E-state index in [1.165, 1.54) is 10.5 Å². The van der Waals surface area contributed by atoms with Gasteiger partial charge < -0.3 is 5.73 Å². The monoisotopic (exact) mass is 235 g/mol. The quantitative estimate of drug-likeness (QED) is 0.644. The summed E-state index contributed by atoms with van der Waals surface area (Å²) >= 11 is 3.60. The maximum absolute atomic E-state index is 5.77. The zero-order valence-corrected chi connectivity index (χ0v) is 10.2. The molecule has 0 aliphatic carbocycles. The largest absolute Gasteiger partial charge is 0.399 e. The number of hydrogen-bond acceptors (Lipinski definition) is 3. The Morgan fingerprint density at radius 3 is 2.87 bits per heavy atom. The molecule has 0 fully saturated rings. The summed E-state index contributed by atoms with van der Waals surface area (Å²) in [5, 5.41) is 4.31. The average Bonchev–Trinajstić information content (AvgIpc) is 2.73. The van der Waals surface area contributed by atoms with Crippen LogP contribution in [0.25, 0.3) is 0 Å². The summed E-state index contributed by atoms with van der Waals surface area (Å²) in [4.78, 5) is 1.29. The molecule has 78 valence electrons. The first-order valence-electron chi connectivity index (χ1n) is 4.76. The Morgan fingerprint density at radius 2 is 2.20 bits per heavy atom. The SMILES string of the molecule is Cc1cc(SCc2ccsc2)ccc1N. The fourth-order valence-electron chi connectivity index (χ4n) is 1.28. The number of thiophene rings is 1. The molecule has 2 rings (SSSR count).